The lowest BCUT2D eigenvalue weighted by Gasteiger charge is -2.29. The van der Waals surface area contributed by atoms with Crippen LogP contribution in [0.1, 0.15) is 46.7 Å². The van der Waals surface area contributed by atoms with E-state index in [4.69, 9.17) is 16.3 Å². The fourth-order valence-corrected chi connectivity index (χ4v) is 3.40. The Morgan fingerprint density at radius 3 is 2.62 bits per heavy atom. The molecule has 0 saturated carbocycles. The first kappa shape index (κ1) is 18.2. The Balaban J connectivity index is 1.91. The second-order valence-electron chi connectivity index (χ2n) is 7.15. The van der Waals surface area contributed by atoms with E-state index in [1.165, 1.54) is 19.2 Å². The molecule has 1 amide bonds. The molecule has 1 heterocycles. The number of ether oxygens (including phenoxy) is 1. The minimum Gasteiger partial charge on any atom is -0.495 e. The smallest absolute Gasteiger partial charge is 0.261 e. The fraction of sp³-hybridized carbons (Fsp3) is 0.316. The van der Waals surface area contributed by atoms with Gasteiger partial charge in [0.15, 0.2) is 5.78 Å². The lowest BCUT2D eigenvalue weighted by Crippen LogP contribution is -2.32. The van der Waals surface area contributed by atoms with Gasteiger partial charge in [-0.25, -0.2) is 0 Å². The summed E-state index contributed by atoms with van der Waals surface area (Å²) in [5.41, 5.74) is 0.569. The van der Waals surface area contributed by atoms with Crippen molar-refractivity contribution < 1.29 is 14.3 Å². The Labute approximate surface area is 155 Å². The van der Waals surface area contributed by atoms with Gasteiger partial charge in [-0.15, -0.1) is 0 Å². The Morgan fingerprint density at radius 1 is 1.23 bits per heavy atom. The van der Waals surface area contributed by atoms with E-state index >= 15 is 0 Å². The van der Waals surface area contributed by atoms with Crippen LogP contribution < -0.4 is 15.6 Å². The third-order valence-corrected chi connectivity index (χ3v) is 4.67. The minimum absolute atomic E-state index is 0.0750. The van der Waals surface area contributed by atoms with E-state index in [1.54, 1.807) is 12.1 Å². The number of Topliss-reactive ketones (excluding diaryl/α,β-unsaturated/α-hetero) is 1. The predicted octanol–water partition coefficient (Wildman–Crippen LogP) is 3.44. The number of amides is 1. The number of benzene rings is 1. The Bertz CT molecular complexity index is 962. The van der Waals surface area contributed by atoms with Crippen LogP contribution in [-0.4, -0.2) is 23.8 Å². The average Bonchev–Trinajstić information content (AvgIpc) is 2.53. The number of halogens is 1. The molecule has 0 fully saturated rings. The maximum absolute atomic E-state index is 12.5. The average molecular weight is 375 g/mol. The first-order chi connectivity index (χ1) is 12.2. The van der Waals surface area contributed by atoms with Crippen LogP contribution in [0.4, 0.5) is 5.69 Å². The molecule has 1 aliphatic rings. The Kier molecular flexibility index (Phi) is 4.63. The van der Waals surface area contributed by atoms with E-state index in [0.29, 0.717) is 40.6 Å². The van der Waals surface area contributed by atoms with Gasteiger partial charge < -0.3 is 15.0 Å². The number of anilines is 1. The SMILES string of the molecule is COc1ccc(NC(=O)c2cc3c([nH]c2=O)CC(C)(C)CC3=O)cc1Cl. The molecule has 7 heteroatoms. The van der Waals surface area contributed by atoms with E-state index in [2.05, 4.69) is 10.3 Å². The van der Waals surface area contributed by atoms with Crippen LogP contribution in [0.2, 0.25) is 5.02 Å². The molecule has 0 radical (unpaired) electrons. The van der Waals surface area contributed by atoms with Crippen LogP contribution in [-0.2, 0) is 6.42 Å². The first-order valence-electron chi connectivity index (χ1n) is 8.14. The minimum atomic E-state index is -0.604. The lowest BCUT2D eigenvalue weighted by molar-refractivity contribution is 0.0910. The molecule has 1 aromatic carbocycles. The van der Waals surface area contributed by atoms with Crippen molar-refractivity contribution in [3.05, 3.63) is 56.5 Å². The Hall–Kier alpha value is -2.60. The maximum Gasteiger partial charge on any atom is 0.261 e. The summed E-state index contributed by atoms with van der Waals surface area (Å²) >= 11 is 6.04. The van der Waals surface area contributed by atoms with Gasteiger partial charge in [-0.2, -0.15) is 0 Å². The molecule has 0 saturated heterocycles. The van der Waals surface area contributed by atoms with Gasteiger partial charge in [-0.05, 0) is 36.1 Å². The molecule has 0 atom stereocenters. The first-order valence-corrected chi connectivity index (χ1v) is 8.52. The highest BCUT2D eigenvalue weighted by molar-refractivity contribution is 6.32. The molecule has 0 bridgehead atoms. The van der Waals surface area contributed by atoms with Crippen LogP contribution >= 0.6 is 11.6 Å². The second-order valence-corrected chi connectivity index (χ2v) is 7.56. The number of aromatic nitrogens is 1. The van der Waals surface area contributed by atoms with Crippen LogP contribution in [0.15, 0.2) is 29.1 Å². The zero-order chi connectivity index (χ0) is 19.1. The largest absolute Gasteiger partial charge is 0.495 e. The number of nitrogens with one attached hydrogen (secondary N) is 2. The van der Waals surface area contributed by atoms with Gasteiger partial charge in [0.25, 0.3) is 11.5 Å². The van der Waals surface area contributed by atoms with E-state index in [0.717, 1.165) is 0 Å². The molecular weight excluding hydrogens is 356 g/mol. The summed E-state index contributed by atoms with van der Waals surface area (Å²) in [6.07, 6.45) is 0.959. The van der Waals surface area contributed by atoms with Crippen molar-refractivity contribution in [2.75, 3.05) is 12.4 Å². The van der Waals surface area contributed by atoms with Gasteiger partial charge in [-0.3, -0.25) is 14.4 Å². The third kappa shape index (κ3) is 3.51. The van der Waals surface area contributed by atoms with Gasteiger partial charge in [0.2, 0.25) is 0 Å². The maximum atomic E-state index is 12.5. The van der Waals surface area contributed by atoms with Gasteiger partial charge in [0.1, 0.15) is 11.3 Å². The Morgan fingerprint density at radius 2 is 1.96 bits per heavy atom. The number of H-pyrrole nitrogens is 1. The van der Waals surface area contributed by atoms with Gasteiger partial charge in [0.05, 0.1) is 12.1 Å². The van der Waals surface area contributed by atoms with Crippen molar-refractivity contribution in [1.29, 1.82) is 0 Å². The summed E-state index contributed by atoms with van der Waals surface area (Å²) < 4.78 is 5.06. The van der Waals surface area contributed by atoms with E-state index in [-0.39, 0.29) is 16.8 Å². The topological polar surface area (TPSA) is 88.3 Å². The van der Waals surface area contributed by atoms with E-state index in [9.17, 15) is 14.4 Å². The van der Waals surface area contributed by atoms with Gasteiger partial charge in [0, 0.05) is 23.4 Å². The molecular formula is C19H19ClN2O4. The highest BCUT2D eigenvalue weighted by Crippen LogP contribution is 2.33. The monoisotopic (exact) mass is 374 g/mol. The third-order valence-electron chi connectivity index (χ3n) is 4.37. The molecule has 2 aromatic rings. The summed E-state index contributed by atoms with van der Waals surface area (Å²) in [4.78, 5) is 39.9. The number of carbonyl (C=O) groups is 2. The summed E-state index contributed by atoms with van der Waals surface area (Å²) in [7, 11) is 1.49. The molecule has 1 aromatic heterocycles. The van der Waals surface area contributed by atoms with Crippen molar-refractivity contribution in [2.24, 2.45) is 5.41 Å². The number of fused-ring (bicyclic) bond motifs is 1. The van der Waals surface area contributed by atoms with Crippen LogP contribution in [0.25, 0.3) is 0 Å². The van der Waals surface area contributed by atoms with Crippen molar-refractivity contribution in [2.45, 2.75) is 26.7 Å². The summed E-state index contributed by atoms with van der Waals surface area (Å²) in [5, 5.41) is 2.95. The number of ketones is 1. The summed E-state index contributed by atoms with van der Waals surface area (Å²) in [5.74, 6) is -0.202. The molecule has 3 rings (SSSR count). The molecule has 0 unspecified atom stereocenters. The molecule has 136 valence electrons. The highest BCUT2D eigenvalue weighted by Gasteiger charge is 2.32. The number of hydrogen-bond acceptors (Lipinski definition) is 4. The number of methoxy groups -OCH3 is 1. The van der Waals surface area contributed by atoms with Crippen LogP contribution in [0, 0.1) is 5.41 Å². The molecule has 6 nitrogen and oxygen atoms in total. The van der Waals surface area contributed by atoms with Crippen molar-refractivity contribution in [3.63, 3.8) is 0 Å². The number of hydrogen-bond donors (Lipinski definition) is 2. The zero-order valence-electron chi connectivity index (χ0n) is 14.7. The predicted molar refractivity (Wildman–Crippen MR) is 99.5 cm³/mol. The van der Waals surface area contributed by atoms with Gasteiger partial charge >= 0.3 is 0 Å². The molecule has 0 aliphatic heterocycles. The van der Waals surface area contributed by atoms with Crippen molar-refractivity contribution >= 4 is 29.0 Å². The lowest BCUT2D eigenvalue weighted by atomic mass is 9.75. The number of pyridine rings is 1. The van der Waals surface area contributed by atoms with E-state index < -0.39 is 11.5 Å². The molecule has 1 aliphatic carbocycles. The van der Waals surface area contributed by atoms with Crippen LogP contribution in [0.3, 0.4) is 0 Å². The summed E-state index contributed by atoms with van der Waals surface area (Å²) in [6.45, 7) is 3.94. The second kappa shape index (κ2) is 6.61. The quantitative estimate of drug-likeness (QED) is 0.861. The van der Waals surface area contributed by atoms with Crippen molar-refractivity contribution in [1.82, 2.24) is 4.98 Å². The normalized spacial score (nSPS) is 15.3. The molecule has 0 spiro atoms. The fourth-order valence-electron chi connectivity index (χ4n) is 3.14. The standard InChI is InChI=1S/C19H19ClN2O4/c1-19(2)8-14-11(15(23)9-19)7-12(18(25)22-14)17(24)21-10-4-5-16(26-3)13(20)6-10/h4-7H,8-9H2,1-3H3,(H,21,24)(H,22,25). The zero-order valence-corrected chi connectivity index (χ0v) is 15.5. The highest BCUT2D eigenvalue weighted by atomic mass is 35.5. The molecule has 2 N–H and O–H groups in total. The number of carbonyl (C=O) groups excluding carboxylic acids is 2. The van der Waals surface area contributed by atoms with Crippen molar-refractivity contribution in [3.8, 4) is 5.75 Å². The molecule has 26 heavy (non-hydrogen) atoms. The van der Waals surface area contributed by atoms with Gasteiger partial charge in [-0.1, -0.05) is 25.4 Å². The van der Waals surface area contributed by atoms with Crippen LogP contribution in [0.5, 0.6) is 5.75 Å². The van der Waals surface area contributed by atoms with E-state index in [1.807, 2.05) is 13.8 Å². The summed E-state index contributed by atoms with van der Waals surface area (Å²) in [6, 6.07) is 6.13. The number of aromatic amines is 1. The number of rotatable bonds is 3.